The standard InChI is InChI=1S/C8H8NOS/c1-11-7-4-2-3-6(5-7)8(9)10/h3-5H,1H3,(H2,9,10). The molecule has 1 aromatic rings. The van der Waals surface area contributed by atoms with Crippen LogP contribution in [0.4, 0.5) is 0 Å². The van der Waals surface area contributed by atoms with Gasteiger partial charge in [0.05, 0.1) is 0 Å². The predicted molar refractivity (Wildman–Crippen MR) is 45.6 cm³/mol. The number of carbonyl (C=O) groups excluding carboxylic acids is 1. The summed E-state index contributed by atoms with van der Waals surface area (Å²) in [6.07, 6.45) is 1.94. The van der Waals surface area contributed by atoms with Gasteiger partial charge in [0, 0.05) is 10.5 Å². The van der Waals surface area contributed by atoms with E-state index in [4.69, 9.17) is 5.73 Å². The molecule has 0 aliphatic rings. The fraction of sp³-hybridized carbons (Fsp3) is 0.125. The number of primary amides is 1. The van der Waals surface area contributed by atoms with Gasteiger partial charge in [0.2, 0.25) is 5.91 Å². The minimum absolute atomic E-state index is 0.405. The molecule has 3 heteroatoms. The van der Waals surface area contributed by atoms with Crippen molar-refractivity contribution in [1.82, 2.24) is 0 Å². The lowest BCUT2D eigenvalue weighted by molar-refractivity contribution is 0.1000. The average molecular weight is 166 g/mol. The van der Waals surface area contributed by atoms with Gasteiger partial charge in [0.1, 0.15) is 0 Å². The Balaban J connectivity index is 3.01. The molecule has 1 radical (unpaired) electrons. The maximum Gasteiger partial charge on any atom is 0.248 e. The molecule has 0 saturated carbocycles. The van der Waals surface area contributed by atoms with Crippen molar-refractivity contribution in [3.05, 3.63) is 29.8 Å². The van der Waals surface area contributed by atoms with Crippen LogP contribution in [0.3, 0.4) is 0 Å². The Morgan fingerprint density at radius 3 is 2.91 bits per heavy atom. The second-order valence-electron chi connectivity index (χ2n) is 2.03. The van der Waals surface area contributed by atoms with Gasteiger partial charge < -0.3 is 5.73 Å². The van der Waals surface area contributed by atoms with Gasteiger partial charge in [0.25, 0.3) is 0 Å². The molecule has 0 heterocycles. The van der Waals surface area contributed by atoms with Gasteiger partial charge in [-0.05, 0) is 30.5 Å². The van der Waals surface area contributed by atoms with Gasteiger partial charge in [-0.2, -0.15) is 0 Å². The summed E-state index contributed by atoms with van der Waals surface area (Å²) in [6, 6.07) is 8.00. The third-order valence-electron chi connectivity index (χ3n) is 1.28. The molecule has 0 unspecified atom stereocenters. The summed E-state index contributed by atoms with van der Waals surface area (Å²) in [7, 11) is 0. The van der Waals surface area contributed by atoms with Crippen molar-refractivity contribution in [2.45, 2.75) is 4.90 Å². The zero-order chi connectivity index (χ0) is 8.27. The highest BCUT2D eigenvalue weighted by Crippen LogP contribution is 2.14. The van der Waals surface area contributed by atoms with Crippen LogP contribution in [0.15, 0.2) is 23.1 Å². The summed E-state index contributed by atoms with van der Waals surface area (Å²) in [4.78, 5) is 11.7. The van der Waals surface area contributed by atoms with Gasteiger partial charge in [-0.25, -0.2) is 0 Å². The first-order valence-electron chi connectivity index (χ1n) is 3.09. The van der Waals surface area contributed by atoms with E-state index in [1.165, 1.54) is 0 Å². The molecule has 1 aromatic carbocycles. The Kier molecular flexibility index (Phi) is 2.54. The van der Waals surface area contributed by atoms with Crippen molar-refractivity contribution >= 4 is 17.7 Å². The molecule has 0 atom stereocenters. The minimum atomic E-state index is -0.405. The van der Waals surface area contributed by atoms with Crippen molar-refractivity contribution in [1.29, 1.82) is 0 Å². The molecule has 11 heavy (non-hydrogen) atoms. The number of amides is 1. The zero-order valence-electron chi connectivity index (χ0n) is 6.13. The first kappa shape index (κ1) is 8.14. The van der Waals surface area contributed by atoms with Crippen LogP contribution >= 0.6 is 11.8 Å². The highest BCUT2D eigenvalue weighted by atomic mass is 32.2. The quantitative estimate of drug-likeness (QED) is 0.673. The Hall–Kier alpha value is -0.960. The first-order valence-corrected chi connectivity index (χ1v) is 4.31. The molecule has 57 valence electrons. The SMILES string of the molecule is CSc1c[c]cc(C(N)=O)c1. The third-order valence-corrected chi connectivity index (χ3v) is 1.99. The number of hydrogen-bond donors (Lipinski definition) is 1. The van der Waals surface area contributed by atoms with Crippen LogP contribution in [0.1, 0.15) is 10.4 Å². The summed E-state index contributed by atoms with van der Waals surface area (Å²) in [6.45, 7) is 0. The predicted octanol–water partition coefficient (Wildman–Crippen LogP) is 1.31. The highest BCUT2D eigenvalue weighted by Gasteiger charge is 1.99. The van der Waals surface area contributed by atoms with Crippen LogP contribution < -0.4 is 5.73 Å². The largest absolute Gasteiger partial charge is 0.366 e. The van der Waals surface area contributed by atoms with E-state index in [2.05, 4.69) is 6.07 Å². The van der Waals surface area contributed by atoms with Gasteiger partial charge >= 0.3 is 0 Å². The van der Waals surface area contributed by atoms with Gasteiger partial charge in [-0.1, -0.05) is 0 Å². The summed E-state index contributed by atoms with van der Waals surface area (Å²) < 4.78 is 0. The molecule has 1 amide bonds. The lowest BCUT2D eigenvalue weighted by Crippen LogP contribution is -2.10. The van der Waals surface area contributed by atoms with Crippen LogP contribution in [0.2, 0.25) is 0 Å². The Labute approximate surface area is 69.8 Å². The van der Waals surface area contributed by atoms with Crippen molar-refractivity contribution in [3.8, 4) is 0 Å². The maximum atomic E-state index is 10.7. The topological polar surface area (TPSA) is 43.1 Å². The van der Waals surface area contributed by atoms with E-state index < -0.39 is 5.91 Å². The number of benzene rings is 1. The van der Waals surface area contributed by atoms with E-state index in [0.29, 0.717) is 5.56 Å². The Morgan fingerprint density at radius 2 is 2.36 bits per heavy atom. The van der Waals surface area contributed by atoms with Crippen LogP contribution in [0.25, 0.3) is 0 Å². The van der Waals surface area contributed by atoms with Crippen molar-refractivity contribution in [3.63, 3.8) is 0 Å². The normalized spacial score (nSPS) is 9.55. The first-order chi connectivity index (χ1) is 5.24. The molecule has 0 aromatic heterocycles. The number of hydrogen-bond acceptors (Lipinski definition) is 2. The van der Waals surface area contributed by atoms with Crippen molar-refractivity contribution in [2.24, 2.45) is 5.73 Å². The highest BCUT2D eigenvalue weighted by molar-refractivity contribution is 7.98. The summed E-state index contributed by atoms with van der Waals surface area (Å²) >= 11 is 1.56. The van der Waals surface area contributed by atoms with E-state index in [9.17, 15) is 4.79 Å². The molecule has 0 spiro atoms. The molecule has 1 rings (SSSR count). The molecule has 2 N–H and O–H groups in total. The van der Waals surface area contributed by atoms with E-state index in [-0.39, 0.29) is 0 Å². The van der Waals surface area contributed by atoms with Crippen LogP contribution in [0, 0.1) is 6.07 Å². The van der Waals surface area contributed by atoms with E-state index >= 15 is 0 Å². The Morgan fingerprint density at radius 1 is 1.64 bits per heavy atom. The summed E-state index contributed by atoms with van der Waals surface area (Å²) in [5, 5.41) is 0. The number of rotatable bonds is 2. The van der Waals surface area contributed by atoms with Gasteiger partial charge in [0.15, 0.2) is 0 Å². The van der Waals surface area contributed by atoms with E-state index in [1.54, 1.807) is 23.9 Å². The average Bonchev–Trinajstić information content (AvgIpc) is 2.05. The van der Waals surface area contributed by atoms with Crippen molar-refractivity contribution < 1.29 is 4.79 Å². The van der Waals surface area contributed by atoms with E-state index in [0.717, 1.165) is 4.90 Å². The van der Waals surface area contributed by atoms with Gasteiger partial charge in [-0.15, -0.1) is 11.8 Å². The molecule has 0 aliphatic carbocycles. The Bertz CT molecular complexity index is 273. The third kappa shape index (κ3) is 1.98. The molecule has 0 saturated heterocycles. The van der Waals surface area contributed by atoms with Crippen LogP contribution in [-0.2, 0) is 0 Å². The smallest absolute Gasteiger partial charge is 0.248 e. The molecule has 2 nitrogen and oxygen atoms in total. The fourth-order valence-corrected chi connectivity index (χ4v) is 1.14. The van der Waals surface area contributed by atoms with Crippen molar-refractivity contribution in [2.75, 3.05) is 6.26 Å². The molecule has 0 aliphatic heterocycles. The minimum Gasteiger partial charge on any atom is -0.366 e. The lowest BCUT2D eigenvalue weighted by Gasteiger charge is -1.97. The zero-order valence-corrected chi connectivity index (χ0v) is 6.94. The summed E-state index contributed by atoms with van der Waals surface area (Å²) in [5.41, 5.74) is 5.58. The molecule has 0 bridgehead atoms. The summed E-state index contributed by atoms with van der Waals surface area (Å²) in [5.74, 6) is -0.405. The molecular weight excluding hydrogens is 158 g/mol. The fourth-order valence-electron chi connectivity index (χ4n) is 0.710. The number of carbonyl (C=O) groups is 1. The molecular formula is C8H8NOS. The van der Waals surface area contributed by atoms with Crippen LogP contribution in [0.5, 0.6) is 0 Å². The molecule has 0 fully saturated rings. The monoisotopic (exact) mass is 166 g/mol. The second kappa shape index (κ2) is 3.44. The lowest BCUT2D eigenvalue weighted by atomic mass is 10.2. The van der Waals surface area contributed by atoms with Crippen LogP contribution in [-0.4, -0.2) is 12.2 Å². The second-order valence-corrected chi connectivity index (χ2v) is 2.91. The maximum absolute atomic E-state index is 10.7. The number of nitrogens with two attached hydrogens (primary N) is 1. The van der Waals surface area contributed by atoms with Gasteiger partial charge in [-0.3, -0.25) is 4.79 Å². The number of thioether (sulfide) groups is 1. The van der Waals surface area contributed by atoms with E-state index in [1.807, 2.05) is 12.3 Å².